The summed E-state index contributed by atoms with van der Waals surface area (Å²) in [6, 6.07) is 0. The monoisotopic (exact) mass is 288 g/mol. The Morgan fingerprint density at radius 3 is 2.53 bits per heavy atom. The molecule has 0 unspecified atom stereocenters. The maximum Gasteiger partial charge on any atom is 0.169 e. The maximum absolute atomic E-state index is 5.42. The van der Waals surface area contributed by atoms with E-state index in [4.69, 9.17) is 17.0 Å². The van der Waals surface area contributed by atoms with E-state index in [-0.39, 0.29) is 0 Å². The minimum absolute atomic E-state index is 0.786. The number of nitrogens with one attached hydrogen (secondary N) is 1. The van der Waals surface area contributed by atoms with Crippen molar-refractivity contribution < 1.29 is 4.74 Å². The van der Waals surface area contributed by atoms with Crippen molar-refractivity contribution >= 4 is 17.3 Å². The fourth-order valence-corrected chi connectivity index (χ4v) is 2.32. The zero-order chi connectivity index (χ0) is 14.1. The summed E-state index contributed by atoms with van der Waals surface area (Å²) < 4.78 is 5.02. The Bertz CT molecular complexity index is 255. The molecule has 0 saturated carbocycles. The first kappa shape index (κ1) is 16.6. The number of likely N-dealkylation sites (N-methyl/N-ethyl adjacent to an activating group) is 1. The van der Waals surface area contributed by atoms with Gasteiger partial charge in [-0.2, -0.15) is 0 Å². The van der Waals surface area contributed by atoms with Crippen LogP contribution in [-0.2, 0) is 4.74 Å². The van der Waals surface area contributed by atoms with Gasteiger partial charge in [-0.3, -0.25) is 4.90 Å². The molecule has 112 valence electrons. The van der Waals surface area contributed by atoms with Gasteiger partial charge in [0.1, 0.15) is 0 Å². The van der Waals surface area contributed by atoms with Crippen LogP contribution in [0.15, 0.2) is 0 Å². The molecule has 6 heteroatoms. The van der Waals surface area contributed by atoms with E-state index in [1.54, 1.807) is 7.11 Å². The van der Waals surface area contributed by atoms with Gasteiger partial charge in [0.05, 0.1) is 0 Å². The van der Waals surface area contributed by atoms with Crippen LogP contribution in [0.1, 0.15) is 6.42 Å². The molecule has 0 atom stereocenters. The Hall–Kier alpha value is -0.430. The largest absolute Gasteiger partial charge is 0.385 e. The lowest BCUT2D eigenvalue weighted by Gasteiger charge is -2.36. The smallest absolute Gasteiger partial charge is 0.169 e. The normalized spacial score (nSPS) is 16.9. The van der Waals surface area contributed by atoms with Gasteiger partial charge in [-0.1, -0.05) is 0 Å². The third-order valence-electron chi connectivity index (χ3n) is 3.32. The Labute approximate surface area is 122 Å². The Morgan fingerprint density at radius 2 is 1.95 bits per heavy atom. The average Bonchev–Trinajstić information content (AvgIpc) is 2.41. The van der Waals surface area contributed by atoms with E-state index in [2.05, 4.69) is 34.1 Å². The molecular formula is C13H28N4OS. The minimum atomic E-state index is 0.786. The van der Waals surface area contributed by atoms with Crippen LogP contribution in [0.4, 0.5) is 0 Å². The molecule has 0 spiro atoms. The van der Waals surface area contributed by atoms with Gasteiger partial charge in [0.15, 0.2) is 5.11 Å². The summed E-state index contributed by atoms with van der Waals surface area (Å²) in [6.45, 7) is 8.23. The van der Waals surface area contributed by atoms with Gasteiger partial charge in [0.25, 0.3) is 0 Å². The van der Waals surface area contributed by atoms with E-state index in [9.17, 15) is 0 Å². The number of rotatable bonds is 7. The first-order valence-electron chi connectivity index (χ1n) is 7.02. The second-order valence-corrected chi connectivity index (χ2v) is 5.60. The van der Waals surface area contributed by atoms with Gasteiger partial charge < -0.3 is 19.9 Å². The topological polar surface area (TPSA) is 31.0 Å². The molecule has 0 bridgehead atoms. The van der Waals surface area contributed by atoms with Crippen LogP contribution >= 0.6 is 12.2 Å². The number of piperazine rings is 1. The van der Waals surface area contributed by atoms with Gasteiger partial charge >= 0.3 is 0 Å². The highest BCUT2D eigenvalue weighted by molar-refractivity contribution is 7.80. The van der Waals surface area contributed by atoms with E-state index in [0.717, 1.165) is 64.0 Å². The van der Waals surface area contributed by atoms with Crippen LogP contribution in [-0.4, -0.2) is 93.4 Å². The molecule has 0 amide bonds. The molecule has 1 heterocycles. The third kappa shape index (κ3) is 7.06. The number of methoxy groups -OCH3 is 1. The molecule has 0 aromatic rings. The molecule has 0 aromatic heterocycles. The highest BCUT2D eigenvalue weighted by Crippen LogP contribution is 2.02. The second kappa shape index (κ2) is 9.47. The van der Waals surface area contributed by atoms with E-state index >= 15 is 0 Å². The fraction of sp³-hybridized carbons (Fsp3) is 0.923. The van der Waals surface area contributed by atoms with Crippen molar-refractivity contribution in [2.45, 2.75) is 6.42 Å². The van der Waals surface area contributed by atoms with Gasteiger partial charge in [0.2, 0.25) is 0 Å². The molecule has 0 radical (unpaired) electrons. The van der Waals surface area contributed by atoms with Crippen molar-refractivity contribution in [2.75, 3.05) is 73.6 Å². The fourth-order valence-electron chi connectivity index (χ4n) is 2.04. The second-order valence-electron chi connectivity index (χ2n) is 5.21. The summed E-state index contributed by atoms with van der Waals surface area (Å²) in [5.74, 6) is 0. The van der Waals surface area contributed by atoms with E-state index in [1.807, 2.05) is 0 Å². The van der Waals surface area contributed by atoms with Gasteiger partial charge in [-0.15, -0.1) is 0 Å². The van der Waals surface area contributed by atoms with E-state index in [1.165, 1.54) is 0 Å². The summed E-state index contributed by atoms with van der Waals surface area (Å²) in [7, 11) is 5.97. The van der Waals surface area contributed by atoms with Gasteiger partial charge in [-0.25, -0.2) is 0 Å². The Balaban J connectivity index is 2.12. The zero-order valence-corrected chi connectivity index (χ0v) is 13.3. The first-order valence-corrected chi connectivity index (χ1v) is 7.43. The molecular weight excluding hydrogens is 260 g/mol. The molecule has 0 aromatic carbocycles. The minimum Gasteiger partial charge on any atom is -0.385 e. The number of thiocarbonyl (C=S) groups is 1. The van der Waals surface area contributed by atoms with Gasteiger partial charge in [-0.05, 0) is 32.7 Å². The molecule has 19 heavy (non-hydrogen) atoms. The number of nitrogens with zero attached hydrogens (tertiary/aromatic N) is 3. The average molecular weight is 288 g/mol. The summed E-state index contributed by atoms with van der Waals surface area (Å²) in [5.41, 5.74) is 0. The summed E-state index contributed by atoms with van der Waals surface area (Å²) >= 11 is 5.42. The summed E-state index contributed by atoms with van der Waals surface area (Å²) in [6.07, 6.45) is 0.999. The first-order chi connectivity index (χ1) is 9.13. The predicted octanol–water partition coefficient (Wildman–Crippen LogP) is 0.0766. The maximum atomic E-state index is 5.42. The lowest BCUT2D eigenvalue weighted by Crippen LogP contribution is -2.52. The van der Waals surface area contributed by atoms with Crippen molar-refractivity contribution in [3.05, 3.63) is 0 Å². The molecule has 1 saturated heterocycles. The van der Waals surface area contributed by atoms with Crippen LogP contribution in [0, 0.1) is 0 Å². The van der Waals surface area contributed by atoms with Crippen molar-refractivity contribution in [3.63, 3.8) is 0 Å². The highest BCUT2D eigenvalue weighted by atomic mass is 32.1. The van der Waals surface area contributed by atoms with Crippen LogP contribution in [0.3, 0.4) is 0 Å². The number of hydrogen-bond acceptors (Lipinski definition) is 4. The predicted molar refractivity (Wildman–Crippen MR) is 83.7 cm³/mol. The van der Waals surface area contributed by atoms with Crippen LogP contribution < -0.4 is 5.32 Å². The quantitative estimate of drug-likeness (QED) is 0.527. The molecule has 5 nitrogen and oxygen atoms in total. The van der Waals surface area contributed by atoms with Crippen molar-refractivity contribution in [1.82, 2.24) is 20.0 Å². The van der Waals surface area contributed by atoms with E-state index in [0.29, 0.717) is 0 Å². The number of hydrogen-bond donors (Lipinski definition) is 1. The molecule has 1 fully saturated rings. The molecule has 1 rings (SSSR count). The van der Waals surface area contributed by atoms with E-state index < -0.39 is 0 Å². The molecule has 1 aliphatic heterocycles. The third-order valence-corrected chi connectivity index (χ3v) is 3.73. The molecule has 1 N–H and O–H groups in total. The molecule has 0 aliphatic carbocycles. The Kier molecular flexibility index (Phi) is 8.29. The standard InChI is InChI=1S/C13H28N4OS/c1-15(2)6-7-16-8-10-17(11-9-16)13(19)14-5-4-12-18-3/h4-12H2,1-3H3,(H,14,19). The van der Waals surface area contributed by atoms with Crippen LogP contribution in [0.5, 0.6) is 0 Å². The summed E-state index contributed by atoms with van der Waals surface area (Å²) in [5, 5.41) is 4.19. The number of ether oxygens (including phenoxy) is 1. The Morgan fingerprint density at radius 1 is 1.26 bits per heavy atom. The van der Waals surface area contributed by atoms with Crippen LogP contribution in [0.2, 0.25) is 0 Å². The lowest BCUT2D eigenvalue weighted by molar-refractivity contribution is 0.167. The van der Waals surface area contributed by atoms with Crippen LogP contribution in [0.25, 0.3) is 0 Å². The molecule has 1 aliphatic rings. The van der Waals surface area contributed by atoms with Crippen molar-refractivity contribution in [2.24, 2.45) is 0 Å². The SMILES string of the molecule is COCCCNC(=S)N1CCN(CCN(C)C)CC1. The van der Waals surface area contributed by atoms with Crippen molar-refractivity contribution in [3.8, 4) is 0 Å². The van der Waals surface area contributed by atoms with Crippen molar-refractivity contribution in [1.29, 1.82) is 0 Å². The summed E-state index contributed by atoms with van der Waals surface area (Å²) in [4.78, 5) is 7.01. The van der Waals surface area contributed by atoms with Gasteiger partial charge in [0, 0.05) is 59.5 Å². The highest BCUT2D eigenvalue weighted by Gasteiger charge is 2.18. The zero-order valence-electron chi connectivity index (χ0n) is 12.5. The lowest BCUT2D eigenvalue weighted by atomic mass is 10.3.